The smallest absolute Gasteiger partial charge is 0.289 e. The average Bonchev–Trinajstić information content (AvgIpc) is 2.85. The molecule has 8 nitrogen and oxygen atoms in total. The molecule has 2 atom stereocenters. The number of benzene rings is 1. The maximum Gasteiger partial charge on any atom is 0.289 e. The second-order valence-electron chi connectivity index (χ2n) is 9.02. The van der Waals surface area contributed by atoms with Crippen molar-refractivity contribution in [3.05, 3.63) is 62.3 Å². The van der Waals surface area contributed by atoms with Gasteiger partial charge in [-0.3, -0.25) is 19.9 Å². The first-order chi connectivity index (χ1) is 16.4. The Morgan fingerprint density at radius 2 is 1.88 bits per heavy atom. The molecule has 184 valence electrons. The molecule has 1 aromatic heterocycles. The van der Waals surface area contributed by atoms with Crippen LogP contribution in [-0.2, 0) is 0 Å². The first-order valence-electron chi connectivity index (χ1n) is 11.8. The van der Waals surface area contributed by atoms with Gasteiger partial charge in [-0.2, -0.15) is 0 Å². The largest absolute Gasteiger partial charge is 0.394 e. The van der Waals surface area contributed by atoms with E-state index in [1.54, 1.807) is 0 Å². The fourth-order valence-corrected chi connectivity index (χ4v) is 5.71. The summed E-state index contributed by atoms with van der Waals surface area (Å²) >= 11 is 12.4. The first kappa shape index (κ1) is 25.1. The van der Waals surface area contributed by atoms with Crippen LogP contribution in [0.1, 0.15) is 37.8 Å². The second-order valence-corrected chi connectivity index (χ2v) is 9.86. The van der Waals surface area contributed by atoms with E-state index in [4.69, 9.17) is 23.2 Å². The van der Waals surface area contributed by atoms with Gasteiger partial charge >= 0.3 is 0 Å². The Balaban J connectivity index is 1.37. The van der Waals surface area contributed by atoms with Crippen LogP contribution >= 0.6 is 23.2 Å². The lowest BCUT2D eigenvalue weighted by Gasteiger charge is -2.48. The molecule has 10 heteroatoms. The van der Waals surface area contributed by atoms with Gasteiger partial charge in [0.2, 0.25) is 0 Å². The lowest BCUT2D eigenvalue weighted by molar-refractivity contribution is -0.385. The molecule has 2 aromatic rings. The van der Waals surface area contributed by atoms with Crippen molar-refractivity contribution in [2.45, 2.75) is 44.3 Å². The molecule has 2 aliphatic heterocycles. The third kappa shape index (κ3) is 5.47. The van der Waals surface area contributed by atoms with E-state index in [1.165, 1.54) is 12.3 Å². The van der Waals surface area contributed by atoms with Crippen molar-refractivity contribution in [1.82, 2.24) is 14.8 Å². The zero-order valence-corrected chi connectivity index (χ0v) is 20.8. The molecule has 0 unspecified atom stereocenters. The predicted molar refractivity (Wildman–Crippen MR) is 135 cm³/mol. The van der Waals surface area contributed by atoms with Crippen LogP contribution in [0.15, 0.2) is 36.5 Å². The van der Waals surface area contributed by atoms with Crippen LogP contribution < -0.4 is 4.90 Å². The number of likely N-dealkylation sites (tertiary alicyclic amines) is 1. The van der Waals surface area contributed by atoms with Gasteiger partial charge in [-0.1, -0.05) is 42.3 Å². The van der Waals surface area contributed by atoms with Crippen molar-refractivity contribution in [3.63, 3.8) is 0 Å². The highest BCUT2D eigenvalue weighted by Gasteiger charge is 2.35. The highest BCUT2D eigenvalue weighted by molar-refractivity contribution is 6.33. The van der Waals surface area contributed by atoms with Gasteiger partial charge < -0.3 is 10.0 Å². The Hall–Kier alpha value is -1.97. The summed E-state index contributed by atoms with van der Waals surface area (Å²) in [5, 5.41) is 22.1. The van der Waals surface area contributed by atoms with E-state index >= 15 is 0 Å². The molecule has 0 amide bonds. The monoisotopic (exact) mass is 507 g/mol. The van der Waals surface area contributed by atoms with Crippen molar-refractivity contribution in [2.75, 3.05) is 44.2 Å². The summed E-state index contributed by atoms with van der Waals surface area (Å²) in [6, 6.07) is 9.99. The van der Waals surface area contributed by atoms with Gasteiger partial charge in [0.25, 0.3) is 5.69 Å². The van der Waals surface area contributed by atoms with Gasteiger partial charge in [0.1, 0.15) is 12.0 Å². The van der Waals surface area contributed by atoms with Crippen molar-refractivity contribution in [3.8, 4) is 0 Å². The second kappa shape index (κ2) is 11.2. The zero-order chi connectivity index (χ0) is 24.2. The van der Waals surface area contributed by atoms with Crippen molar-refractivity contribution in [1.29, 1.82) is 0 Å². The van der Waals surface area contributed by atoms with Crippen molar-refractivity contribution < 1.29 is 10.0 Å². The number of nitro groups is 1. The highest BCUT2D eigenvalue weighted by Crippen LogP contribution is 2.32. The molecule has 0 radical (unpaired) electrons. The van der Waals surface area contributed by atoms with E-state index in [0.717, 1.165) is 57.5 Å². The fraction of sp³-hybridized carbons (Fsp3) is 0.542. The van der Waals surface area contributed by atoms with Crippen LogP contribution in [0.4, 0.5) is 11.5 Å². The number of piperidine rings is 1. The Labute approximate surface area is 210 Å². The zero-order valence-electron chi connectivity index (χ0n) is 19.3. The van der Waals surface area contributed by atoms with E-state index in [-0.39, 0.29) is 18.3 Å². The number of anilines is 1. The molecule has 0 bridgehead atoms. The number of pyridine rings is 1. The van der Waals surface area contributed by atoms with Gasteiger partial charge in [0, 0.05) is 55.9 Å². The highest BCUT2D eigenvalue weighted by atomic mass is 35.5. The van der Waals surface area contributed by atoms with Crippen LogP contribution in [0.25, 0.3) is 0 Å². The molecular formula is C24H31Cl2N5O3. The summed E-state index contributed by atoms with van der Waals surface area (Å²) in [4.78, 5) is 22.0. The van der Waals surface area contributed by atoms with Crippen LogP contribution in [0, 0.1) is 10.1 Å². The number of halogens is 2. The molecule has 1 aromatic carbocycles. The summed E-state index contributed by atoms with van der Waals surface area (Å²) in [5.74, 6) is 0.619. The van der Waals surface area contributed by atoms with Crippen LogP contribution in [-0.4, -0.2) is 76.2 Å². The van der Waals surface area contributed by atoms with Gasteiger partial charge in [0.15, 0.2) is 0 Å². The molecule has 4 rings (SSSR count). The predicted octanol–water partition coefficient (Wildman–Crippen LogP) is 4.40. The Kier molecular flexibility index (Phi) is 8.26. The standard InChI is InChI=1S/C24H31Cl2N5O3/c1-2-19-15-29(24-22(26)13-21(14-27-24)31(33)34)11-12-30(19)20-7-9-28(10-8-20)23(16-32)17-3-5-18(25)6-4-17/h3-6,13-14,19-20,23,32H,2,7-12,15-16H2,1H3/t19-,23+/m0/s1. The Morgan fingerprint density at radius 3 is 2.47 bits per heavy atom. The van der Waals surface area contributed by atoms with Crippen LogP contribution in [0.2, 0.25) is 10.0 Å². The lowest BCUT2D eigenvalue weighted by atomic mass is 9.96. The minimum absolute atomic E-state index is 0.00705. The minimum atomic E-state index is -0.476. The summed E-state index contributed by atoms with van der Waals surface area (Å²) in [7, 11) is 0. The molecule has 34 heavy (non-hydrogen) atoms. The third-order valence-corrected chi connectivity index (χ3v) is 7.68. The van der Waals surface area contributed by atoms with E-state index in [9.17, 15) is 15.2 Å². The number of aromatic nitrogens is 1. The number of aliphatic hydroxyl groups excluding tert-OH is 1. The van der Waals surface area contributed by atoms with Gasteiger partial charge in [-0.25, -0.2) is 4.98 Å². The molecular weight excluding hydrogens is 477 g/mol. The van der Waals surface area contributed by atoms with Crippen LogP contribution in [0.5, 0.6) is 0 Å². The van der Waals surface area contributed by atoms with E-state index < -0.39 is 4.92 Å². The molecule has 2 saturated heterocycles. The topological polar surface area (TPSA) is 86.0 Å². The molecule has 2 fully saturated rings. The number of piperazine rings is 1. The number of aliphatic hydroxyl groups is 1. The number of nitrogens with zero attached hydrogens (tertiary/aromatic N) is 5. The molecule has 2 aliphatic rings. The van der Waals surface area contributed by atoms with Crippen LogP contribution in [0.3, 0.4) is 0 Å². The summed E-state index contributed by atoms with van der Waals surface area (Å²) in [5.41, 5.74) is 1.00. The molecule has 0 saturated carbocycles. The first-order valence-corrected chi connectivity index (χ1v) is 12.6. The van der Waals surface area contributed by atoms with Crippen molar-refractivity contribution in [2.24, 2.45) is 0 Å². The maximum atomic E-state index is 11.0. The third-order valence-electron chi connectivity index (χ3n) is 7.15. The van der Waals surface area contributed by atoms with Crippen molar-refractivity contribution >= 4 is 34.7 Å². The summed E-state index contributed by atoms with van der Waals surface area (Å²) < 4.78 is 0. The molecule has 1 N–H and O–H groups in total. The quantitative estimate of drug-likeness (QED) is 0.439. The van der Waals surface area contributed by atoms with E-state index in [0.29, 0.717) is 27.9 Å². The molecule has 0 aliphatic carbocycles. The fourth-order valence-electron chi connectivity index (χ4n) is 5.30. The van der Waals surface area contributed by atoms with Gasteiger partial charge in [-0.15, -0.1) is 0 Å². The SMILES string of the molecule is CC[C@H]1CN(c2ncc([N+](=O)[O-])cc2Cl)CCN1C1CCN([C@H](CO)c2ccc(Cl)cc2)CC1. The van der Waals surface area contributed by atoms with E-state index in [2.05, 4.69) is 26.6 Å². The Morgan fingerprint density at radius 1 is 1.18 bits per heavy atom. The average molecular weight is 508 g/mol. The number of hydrogen-bond acceptors (Lipinski definition) is 7. The number of rotatable bonds is 7. The summed E-state index contributed by atoms with van der Waals surface area (Å²) in [6.07, 6.45) is 4.39. The van der Waals surface area contributed by atoms with Gasteiger partial charge in [0.05, 0.1) is 22.6 Å². The molecule has 3 heterocycles. The molecule has 0 spiro atoms. The number of hydrogen-bond donors (Lipinski definition) is 1. The maximum absolute atomic E-state index is 11.0. The lowest BCUT2D eigenvalue weighted by Crippen LogP contribution is -2.58. The normalized spacial score (nSPS) is 21.5. The summed E-state index contributed by atoms with van der Waals surface area (Å²) in [6.45, 7) is 6.64. The van der Waals surface area contributed by atoms with E-state index in [1.807, 2.05) is 24.3 Å². The Bertz CT molecular complexity index is 985. The minimum Gasteiger partial charge on any atom is -0.394 e. The van der Waals surface area contributed by atoms with Gasteiger partial charge in [-0.05, 0) is 37.0 Å².